The maximum Gasteiger partial charge on any atom is 0.411 e. The van der Waals surface area contributed by atoms with E-state index in [0.29, 0.717) is 0 Å². The molecule has 0 aromatic rings. The molecule has 0 unspecified atom stereocenters. The Balaban J connectivity index is 2.27. The number of halogens is 3. The van der Waals surface area contributed by atoms with Crippen LogP contribution in [0.1, 0.15) is 13.8 Å². The fraction of sp³-hybridized carbons (Fsp3) is 0.917. The minimum absolute atomic E-state index is 0.0738. The fourth-order valence-electron chi connectivity index (χ4n) is 2.01. The van der Waals surface area contributed by atoms with E-state index in [1.54, 1.807) is 0 Å². The number of nitrogens with zero attached hydrogens (tertiary/aromatic N) is 1. The van der Waals surface area contributed by atoms with Gasteiger partial charge in [-0.1, -0.05) is 0 Å². The molecule has 1 amide bonds. The van der Waals surface area contributed by atoms with Crippen molar-refractivity contribution in [1.82, 2.24) is 15.5 Å². The molecule has 0 saturated carbocycles. The highest BCUT2D eigenvalue weighted by atomic mass is 19.4. The molecule has 1 saturated heterocycles. The Morgan fingerprint density at radius 1 is 1.30 bits per heavy atom. The number of carbonyl (C=O) groups excluding carboxylic acids is 1. The average molecular weight is 297 g/mol. The molecule has 0 aliphatic carbocycles. The molecular weight excluding hydrogens is 275 g/mol. The number of carbonyl (C=O) groups is 1. The third-order valence-corrected chi connectivity index (χ3v) is 3.26. The molecule has 118 valence electrons. The molecule has 0 aromatic heterocycles. The number of nitrogens with one attached hydrogen (secondary N) is 2. The second-order valence-electron chi connectivity index (χ2n) is 5.22. The van der Waals surface area contributed by atoms with Gasteiger partial charge >= 0.3 is 6.18 Å². The van der Waals surface area contributed by atoms with Crippen LogP contribution in [0.25, 0.3) is 0 Å². The minimum Gasteiger partial charge on any atom is -0.370 e. The van der Waals surface area contributed by atoms with Crippen molar-refractivity contribution in [3.05, 3.63) is 0 Å². The van der Waals surface area contributed by atoms with Crippen LogP contribution in [0.3, 0.4) is 0 Å². The standard InChI is InChI=1S/C12H22F3N3O2/c1-11(2,18-6-3-16-4-7-18)10(19)17-5-8-20-9-12(13,14)15/h16H,3-9H2,1-2H3,(H,17,19). The van der Waals surface area contributed by atoms with E-state index in [-0.39, 0.29) is 19.1 Å². The maximum atomic E-state index is 12.1. The average Bonchev–Trinajstić information content (AvgIpc) is 2.37. The largest absolute Gasteiger partial charge is 0.411 e. The highest BCUT2D eigenvalue weighted by Gasteiger charge is 2.34. The van der Waals surface area contributed by atoms with Gasteiger partial charge in [-0.3, -0.25) is 9.69 Å². The van der Waals surface area contributed by atoms with Gasteiger partial charge in [0, 0.05) is 32.7 Å². The Hall–Kier alpha value is -0.860. The molecule has 1 aliphatic heterocycles. The summed E-state index contributed by atoms with van der Waals surface area (Å²) in [6.07, 6.45) is -4.33. The second kappa shape index (κ2) is 7.24. The van der Waals surface area contributed by atoms with Gasteiger partial charge in [0.15, 0.2) is 0 Å². The number of ether oxygens (including phenoxy) is 1. The monoisotopic (exact) mass is 297 g/mol. The fourth-order valence-corrected chi connectivity index (χ4v) is 2.01. The first-order valence-corrected chi connectivity index (χ1v) is 6.62. The summed E-state index contributed by atoms with van der Waals surface area (Å²) in [7, 11) is 0. The van der Waals surface area contributed by atoms with Crippen LogP contribution in [0.5, 0.6) is 0 Å². The first kappa shape index (κ1) is 17.2. The van der Waals surface area contributed by atoms with E-state index in [1.807, 2.05) is 13.8 Å². The van der Waals surface area contributed by atoms with Crippen molar-refractivity contribution in [2.75, 3.05) is 45.9 Å². The molecule has 5 nitrogen and oxygen atoms in total. The molecule has 2 N–H and O–H groups in total. The molecule has 0 spiro atoms. The van der Waals surface area contributed by atoms with E-state index in [2.05, 4.69) is 20.3 Å². The van der Waals surface area contributed by atoms with Crippen molar-refractivity contribution in [3.63, 3.8) is 0 Å². The lowest BCUT2D eigenvalue weighted by Crippen LogP contribution is -2.60. The highest BCUT2D eigenvalue weighted by molar-refractivity contribution is 5.85. The molecular formula is C12H22F3N3O2. The predicted octanol–water partition coefficient (Wildman–Crippen LogP) is 0.365. The van der Waals surface area contributed by atoms with Gasteiger partial charge in [-0.25, -0.2) is 0 Å². The van der Waals surface area contributed by atoms with Crippen molar-refractivity contribution < 1.29 is 22.7 Å². The van der Waals surface area contributed by atoms with Crippen molar-refractivity contribution in [2.24, 2.45) is 0 Å². The number of hydrogen-bond acceptors (Lipinski definition) is 4. The van der Waals surface area contributed by atoms with Gasteiger partial charge in [-0.15, -0.1) is 0 Å². The summed E-state index contributed by atoms with van der Waals surface area (Å²) < 4.78 is 40.0. The van der Waals surface area contributed by atoms with Crippen LogP contribution in [0, 0.1) is 0 Å². The molecule has 0 aromatic carbocycles. The van der Waals surface area contributed by atoms with Crippen LogP contribution in [-0.4, -0.2) is 68.5 Å². The van der Waals surface area contributed by atoms with Crippen LogP contribution >= 0.6 is 0 Å². The highest BCUT2D eigenvalue weighted by Crippen LogP contribution is 2.15. The summed E-state index contributed by atoms with van der Waals surface area (Å²) >= 11 is 0. The van der Waals surface area contributed by atoms with Crippen molar-refractivity contribution in [2.45, 2.75) is 25.6 Å². The summed E-state index contributed by atoms with van der Waals surface area (Å²) in [5.41, 5.74) is -0.674. The zero-order valence-electron chi connectivity index (χ0n) is 11.8. The van der Waals surface area contributed by atoms with E-state index in [9.17, 15) is 18.0 Å². The zero-order valence-corrected chi connectivity index (χ0v) is 11.8. The van der Waals surface area contributed by atoms with Crippen LogP contribution in [0.15, 0.2) is 0 Å². The third kappa shape index (κ3) is 5.64. The van der Waals surface area contributed by atoms with Gasteiger partial charge < -0.3 is 15.4 Å². The molecule has 1 rings (SSSR count). The van der Waals surface area contributed by atoms with Gasteiger partial charge in [0.05, 0.1) is 12.1 Å². The molecule has 1 fully saturated rings. The molecule has 8 heteroatoms. The Kier molecular flexibility index (Phi) is 6.22. The molecule has 20 heavy (non-hydrogen) atoms. The van der Waals surface area contributed by atoms with Crippen molar-refractivity contribution in [1.29, 1.82) is 0 Å². The number of alkyl halides is 3. The lowest BCUT2D eigenvalue weighted by molar-refractivity contribution is -0.173. The van der Waals surface area contributed by atoms with Crippen molar-refractivity contribution in [3.8, 4) is 0 Å². The molecule has 1 heterocycles. The lowest BCUT2D eigenvalue weighted by atomic mass is 10.0. The summed E-state index contributed by atoms with van der Waals surface area (Å²) in [5, 5.41) is 5.81. The van der Waals surface area contributed by atoms with Gasteiger partial charge in [0.1, 0.15) is 6.61 Å². The molecule has 0 atom stereocenters. The molecule has 1 aliphatic rings. The Morgan fingerprint density at radius 3 is 2.45 bits per heavy atom. The first-order chi connectivity index (χ1) is 9.23. The van der Waals surface area contributed by atoms with Gasteiger partial charge in [0.2, 0.25) is 5.91 Å². The van der Waals surface area contributed by atoms with Crippen LogP contribution < -0.4 is 10.6 Å². The Morgan fingerprint density at radius 2 is 1.90 bits per heavy atom. The number of rotatable bonds is 6. The number of hydrogen-bond donors (Lipinski definition) is 2. The molecule has 0 radical (unpaired) electrons. The van der Waals surface area contributed by atoms with E-state index in [0.717, 1.165) is 26.2 Å². The minimum atomic E-state index is -4.33. The summed E-state index contributed by atoms with van der Waals surface area (Å²) in [4.78, 5) is 14.1. The van der Waals surface area contributed by atoms with Crippen molar-refractivity contribution >= 4 is 5.91 Å². The topological polar surface area (TPSA) is 53.6 Å². The quantitative estimate of drug-likeness (QED) is 0.695. The van der Waals surface area contributed by atoms with E-state index in [1.165, 1.54) is 0 Å². The Bertz CT molecular complexity index is 316. The number of amides is 1. The lowest BCUT2D eigenvalue weighted by Gasteiger charge is -2.39. The second-order valence-corrected chi connectivity index (χ2v) is 5.22. The first-order valence-electron chi connectivity index (χ1n) is 6.62. The predicted molar refractivity (Wildman–Crippen MR) is 68.4 cm³/mol. The third-order valence-electron chi connectivity index (χ3n) is 3.26. The Labute approximate surface area is 116 Å². The van der Waals surface area contributed by atoms with Gasteiger partial charge in [-0.2, -0.15) is 13.2 Å². The summed E-state index contributed by atoms with van der Waals surface area (Å²) in [5.74, 6) is -0.199. The maximum absolute atomic E-state index is 12.1. The van der Waals surface area contributed by atoms with Crippen LogP contribution in [-0.2, 0) is 9.53 Å². The number of piperazine rings is 1. The SMILES string of the molecule is CC(C)(C(=O)NCCOCC(F)(F)F)N1CCNCC1. The molecule has 0 bridgehead atoms. The van der Waals surface area contributed by atoms with Crippen LogP contribution in [0.2, 0.25) is 0 Å². The summed E-state index contributed by atoms with van der Waals surface area (Å²) in [6, 6.07) is 0. The smallest absolute Gasteiger partial charge is 0.370 e. The summed E-state index contributed by atoms with van der Waals surface area (Å²) in [6.45, 7) is 5.44. The van der Waals surface area contributed by atoms with Crippen LogP contribution in [0.4, 0.5) is 13.2 Å². The van der Waals surface area contributed by atoms with Gasteiger partial charge in [0.25, 0.3) is 0 Å². The van der Waals surface area contributed by atoms with E-state index < -0.39 is 18.3 Å². The van der Waals surface area contributed by atoms with E-state index >= 15 is 0 Å². The zero-order chi connectivity index (χ0) is 15.2. The normalized spacial score (nSPS) is 18.1. The van der Waals surface area contributed by atoms with Gasteiger partial charge in [-0.05, 0) is 13.8 Å². The van der Waals surface area contributed by atoms with E-state index in [4.69, 9.17) is 0 Å².